The molecule has 0 bridgehead atoms. The van der Waals surface area contributed by atoms with E-state index in [-0.39, 0.29) is 0 Å². The van der Waals surface area contributed by atoms with Crippen LogP contribution >= 0.6 is 0 Å². The summed E-state index contributed by atoms with van der Waals surface area (Å²) >= 11 is 0. The molecule has 162 valence electrons. The lowest BCUT2D eigenvalue weighted by atomic mass is 9.95. The van der Waals surface area contributed by atoms with Crippen LogP contribution in [0.25, 0.3) is 44.6 Å². The molecule has 0 spiro atoms. The molecule has 1 aromatic carbocycles. The monoisotopic (exact) mass is 427 g/mol. The van der Waals surface area contributed by atoms with Gasteiger partial charge in [-0.25, -0.2) is 4.98 Å². The number of rotatable bonds is 4. The lowest BCUT2D eigenvalue weighted by Gasteiger charge is -2.18. The minimum Gasteiger partial charge on any atom is -0.420 e. The van der Waals surface area contributed by atoms with Gasteiger partial charge in [0.25, 0.3) is 0 Å². The summed E-state index contributed by atoms with van der Waals surface area (Å²) in [6.07, 6.45) is 5.87. The number of piperidine rings is 1. The fraction of sp³-hybridized carbons (Fsp3) is 0.333. The van der Waals surface area contributed by atoms with E-state index in [2.05, 4.69) is 61.7 Å². The summed E-state index contributed by atoms with van der Waals surface area (Å²) in [6, 6.07) is 8.34. The van der Waals surface area contributed by atoms with Gasteiger partial charge in [-0.1, -0.05) is 13.8 Å². The molecule has 0 unspecified atom stereocenters. The van der Waals surface area contributed by atoms with Crippen molar-refractivity contribution < 1.29 is 4.42 Å². The van der Waals surface area contributed by atoms with E-state index in [1.54, 1.807) is 0 Å². The fourth-order valence-electron chi connectivity index (χ4n) is 4.81. The van der Waals surface area contributed by atoms with Gasteiger partial charge >= 0.3 is 0 Å². The largest absolute Gasteiger partial charge is 0.420 e. The second-order valence-corrected chi connectivity index (χ2v) is 8.81. The van der Waals surface area contributed by atoms with E-state index in [0.717, 1.165) is 65.2 Å². The van der Waals surface area contributed by atoms with E-state index in [9.17, 15) is 0 Å². The maximum Gasteiger partial charge on any atom is 0.247 e. The van der Waals surface area contributed by atoms with Gasteiger partial charge in [0.15, 0.2) is 5.65 Å². The van der Waals surface area contributed by atoms with Crippen LogP contribution in [0.2, 0.25) is 0 Å². The van der Waals surface area contributed by atoms with Crippen LogP contribution in [-0.4, -0.2) is 43.5 Å². The molecule has 0 amide bonds. The number of H-pyrrole nitrogens is 2. The maximum absolute atomic E-state index is 6.10. The lowest BCUT2D eigenvalue weighted by Crippen LogP contribution is -2.28. The molecular formula is C24H25N7O. The first-order chi connectivity index (χ1) is 15.7. The van der Waals surface area contributed by atoms with Crippen LogP contribution in [0.5, 0.6) is 0 Å². The highest BCUT2D eigenvalue weighted by Gasteiger charge is 2.23. The second kappa shape index (κ2) is 7.56. The van der Waals surface area contributed by atoms with E-state index in [4.69, 9.17) is 4.42 Å². The van der Waals surface area contributed by atoms with Crippen molar-refractivity contribution in [1.29, 1.82) is 0 Å². The zero-order valence-electron chi connectivity index (χ0n) is 18.1. The molecule has 4 aromatic heterocycles. The summed E-state index contributed by atoms with van der Waals surface area (Å²) in [4.78, 5) is 8.02. The molecule has 1 aliphatic rings. The maximum atomic E-state index is 6.10. The fourth-order valence-corrected chi connectivity index (χ4v) is 4.81. The first-order valence-corrected chi connectivity index (χ1v) is 11.2. The molecule has 5 aromatic rings. The molecule has 6 rings (SSSR count). The molecule has 8 heteroatoms. The Morgan fingerprint density at radius 1 is 1.12 bits per heavy atom. The minimum atomic E-state index is 0.294. The normalized spacial score (nSPS) is 17.0. The van der Waals surface area contributed by atoms with Gasteiger partial charge in [-0.2, -0.15) is 5.10 Å². The van der Waals surface area contributed by atoms with Gasteiger partial charge in [-0.3, -0.25) is 5.10 Å². The first kappa shape index (κ1) is 19.2. The Morgan fingerprint density at radius 3 is 2.91 bits per heavy atom. The van der Waals surface area contributed by atoms with Crippen molar-refractivity contribution in [3.63, 3.8) is 0 Å². The Bertz CT molecular complexity index is 1400. The lowest BCUT2D eigenvalue weighted by molar-refractivity contribution is 0.380. The quantitative estimate of drug-likeness (QED) is 0.382. The summed E-state index contributed by atoms with van der Waals surface area (Å²) in [5.74, 6) is 1.91. The van der Waals surface area contributed by atoms with Gasteiger partial charge in [-0.05, 0) is 55.1 Å². The highest BCUT2D eigenvalue weighted by atomic mass is 16.4. The molecule has 0 radical (unpaired) electrons. The second-order valence-electron chi connectivity index (χ2n) is 8.81. The Hall–Kier alpha value is -3.52. The Kier molecular flexibility index (Phi) is 4.53. The van der Waals surface area contributed by atoms with E-state index in [1.165, 1.54) is 10.9 Å². The van der Waals surface area contributed by atoms with Crippen LogP contribution in [0, 0.1) is 0 Å². The van der Waals surface area contributed by atoms with Crippen molar-refractivity contribution in [1.82, 2.24) is 35.7 Å². The number of nitrogens with one attached hydrogen (secondary N) is 3. The summed E-state index contributed by atoms with van der Waals surface area (Å²) < 4.78 is 6.10. The summed E-state index contributed by atoms with van der Waals surface area (Å²) in [7, 11) is 0. The van der Waals surface area contributed by atoms with E-state index in [0.29, 0.717) is 17.7 Å². The zero-order chi connectivity index (χ0) is 21.7. The summed E-state index contributed by atoms with van der Waals surface area (Å²) in [6.45, 7) is 6.39. The standard InChI is InChI=1S/C24H25N7O/c1-13(2)20-17-10-14(23-30-31-24(32-23)15-4-3-8-25-11-15)5-6-19(17)28-21(20)16-7-9-26-22-18(16)12-27-29-22/h5-7,9-10,12-13,15,25,28H,3-4,8,11H2,1-2H3,(H,26,27,29)/t15-/m1/s1. The van der Waals surface area contributed by atoms with E-state index < -0.39 is 0 Å². The molecule has 8 nitrogen and oxygen atoms in total. The van der Waals surface area contributed by atoms with Gasteiger partial charge in [-0.15, -0.1) is 10.2 Å². The van der Waals surface area contributed by atoms with Crippen molar-refractivity contribution >= 4 is 21.9 Å². The van der Waals surface area contributed by atoms with E-state index in [1.807, 2.05) is 24.5 Å². The van der Waals surface area contributed by atoms with Gasteiger partial charge < -0.3 is 14.7 Å². The van der Waals surface area contributed by atoms with Crippen LogP contribution in [0.3, 0.4) is 0 Å². The van der Waals surface area contributed by atoms with Crippen molar-refractivity contribution in [2.24, 2.45) is 0 Å². The minimum absolute atomic E-state index is 0.294. The molecule has 1 aliphatic heterocycles. The highest BCUT2D eigenvalue weighted by Crippen LogP contribution is 2.39. The van der Waals surface area contributed by atoms with Gasteiger partial charge in [0, 0.05) is 46.1 Å². The average Bonchev–Trinajstić information content (AvgIpc) is 3.56. The van der Waals surface area contributed by atoms with Crippen molar-refractivity contribution in [2.45, 2.75) is 38.5 Å². The number of hydrogen-bond acceptors (Lipinski definition) is 6. The van der Waals surface area contributed by atoms with Crippen LogP contribution in [0.4, 0.5) is 0 Å². The molecule has 1 atom stereocenters. The number of aromatic nitrogens is 6. The smallest absolute Gasteiger partial charge is 0.247 e. The molecule has 1 fully saturated rings. The van der Waals surface area contributed by atoms with Crippen LogP contribution in [0.1, 0.15) is 50.0 Å². The first-order valence-electron chi connectivity index (χ1n) is 11.2. The predicted octanol–water partition coefficient (Wildman–Crippen LogP) is 4.75. The number of benzene rings is 1. The number of nitrogens with zero attached hydrogens (tertiary/aromatic N) is 4. The molecule has 32 heavy (non-hydrogen) atoms. The van der Waals surface area contributed by atoms with Gasteiger partial charge in [0.05, 0.1) is 11.9 Å². The van der Waals surface area contributed by atoms with Crippen LogP contribution in [0.15, 0.2) is 41.1 Å². The molecule has 1 saturated heterocycles. The SMILES string of the molecule is CC(C)c1c(-c2ccnc3[nH]ncc23)[nH]c2ccc(-c3nnc([C@@H]4CCCNC4)o3)cc12. The molecule has 5 heterocycles. The average molecular weight is 428 g/mol. The number of aromatic amines is 2. The molecular weight excluding hydrogens is 402 g/mol. The summed E-state index contributed by atoms with van der Waals surface area (Å²) in [5.41, 5.74) is 6.25. The van der Waals surface area contributed by atoms with Crippen LogP contribution in [-0.2, 0) is 0 Å². The highest BCUT2D eigenvalue weighted by molar-refractivity contribution is 5.99. The number of pyridine rings is 1. The van der Waals surface area contributed by atoms with Crippen molar-refractivity contribution in [3.8, 4) is 22.7 Å². The predicted molar refractivity (Wildman–Crippen MR) is 123 cm³/mol. The zero-order valence-corrected chi connectivity index (χ0v) is 18.1. The van der Waals surface area contributed by atoms with Crippen molar-refractivity contribution in [2.75, 3.05) is 13.1 Å². The topological polar surface area (TPSA) is 108 Å². The third-order valence-electron chi connectivity index (χ3n) is 6.37. The van der Waals surface area contributed by atoms with Gasteiger partial charge in [0.1, 0.15) is 0 Å². The Balaban J connectivity index is 1.46. The summed E-state index contributed by atoms with van der Waals surface area (Å²) in [5, 5.41) is 21.4. The van der Waals surface area contributed by atoms with Crippen LogP contribution < -0.4 is 5.32 Å². The number of hydrogen-bond donors (Lipinski definition) is 3. The Labute approximate surface area is 184 Å². The van der Waals surface area contributed by atoms with Gasteiger partial charge in [0.2, 0.25) is 11.8 Å². The number of fused-ring (bicyclic) bond motifs is 2. The third-order valence-corrected chi connectivity index (χ3v) is 6.37. The molecule has 0 saturated carbocycles. The third kappa shape index (κ3) is 3.10. The molecule has 0 aliphatic carbocycles. The van der Waals surface area contributed by atoms with Crippen molar-refractivity contribution in [3.05, 3.63) is 48.1 Å². The van der Waals surface area contributed by atoms with E-state index >= 15 is 0 Å². The molecule has 3 N–H and O–H groups in total. The Morgan fingerprint density at radius 2 is 2.06 bits per heavy atom.